The molecule has 0 aromatic heterocycles. The summed E-state index contributed by atoms with van der Waals surface area (Å²) >= 11 is 0. The van der Waals surface area contributed by atoms with Crippen molar-refractivity contribution in [3.8, 4) is 0 Å². The lowest BCUT2D eigenvalue weighted by molar-refractivity contribution is -0.149. The summed E-state index contributed by atoms with van der Waals surface area (Å²) in [4.78, 5) is 52.3. The highest BCUT2D eigenvalue weighted by Crippen LogP contribution is 2.44. The quantitative estimate of drug-likeness (QED) is 0.581. The van der Waals surface area contributed by atoms with E-state index in [9.17, 15) is 28.0 Å². The van der Waals surface area contributed by atoms with Gasteiger partial charge < -0.3 is 15.5 Å². The molecule has 1 aromatic rings. The van der Waals surface area contributed by atoms with Crippen molar-refractivity contribution in [2.45, 2.75) is 56.8 Å². The summed E-state index contributed by atoms with van der Waals surface area (Å²) in [7, 11) is 0. The zero-order valence-electron chi connectivity index (χ0n) is 19.6. The number of carbonyl (C=O) groups is 4. The molecule has 0 spiro atoms. The van der Waals surface area contributed by atoms with Crippen molar-refractivity contribution in [1.82, 2.24) is 15.5 Å². The highest BCUT2D eigenvalue weighted by atomic mass is 19.1. The van der Waals surface area contributed by atoms with Crippen LogP contribution in [0.15, 0.2) is 24.3 Å². The molecule has 2 N–H and O–H groups in total. The molecule has 190 valence electrons. The van der Waals surface area contributed by atoms with Gasteiger partial charge in [0.05, 0.1) is 6.04 Å². The topological polar surface area (TPSA) is 95.6 Å². The molecule has 2 heterocycles. The van der Waals surface area contributed by atoms with Gasteiger partial charge >= 0.3 is 0 Å². The number of nitrogens with zero attached hydrogens (tertiary/aromatic N) is 1. The van der Waals surface area contributed by atoms with Gasteiger partial charge in [0.1, 0.15) is 18.5 Å². The predicted octanol–water partition coefficient (Wildman–Crippen LogP) is 2.19. The van der Waals surface area contributed by atoms with Gasteiger partial charge in [0.2, 0.25) is 17.5 Å². The number of amides is 3. The van der Waals surface area contributed by atoms with Gasteiger partial charge in [0.15, 0.2) is 5.78 Å². The number of alkyl halides is 2. The van der Waals surface area contributed by atoms with E-state index in [1.54, 1.807) is 0 Å². The first-order valence-corrected chi connectivity index (χ1v) is 12.1. The molecular weight excluding hydrogens is 463 g/mol. The van der Waals surface area contributed by atoms with Crippen molar-refractivity contribution in [1.29, 1.82) is 0 Å². The molecule has 2 saturated heterocycles. The second-order valence-electron chi connectivity index (χ2n) is 9.94. The Morgan fingerprint density at radius 1 is 1.26 bits per heavy atom. The fourth-order valence-corrected chi connectivity index (χ4v) is 5.80. The summed E-state index contributed by atoms with van der Waals surface area (Å²) in [6.45, 7) is 0.350. The summed E-state index contributed by atoms with van der Waals surface area (Å²) < 4.78 is 42.8. The van der Waals surface area contributed by atoms with Gasteiger partial charge in [0.25, 0.3) is 5.91 Å². The molecule has 3 fully saturated rings. The summed E-state index contributed by atoms with van der Waals surface area (Å²) in [5, 5.41) is 5.22. The number of carbonyl (C=O) groups excluding carboxylic acids is 4. The van der Waals surface area contributed by atoms with Crippen molar-refractivity contribution in [2.75, 3.05) is 19.8 Å². The molecule has 1 saturated carbocycles. The van der Waals surface area contributed by atoms with Crippen molar-refractivity contribution in [2.24, 2.45) is 17.8 Å². The Hall–Kier alpha value is -2.91. The first kappa shape index (κ1) is 25.2. The number of halogens is 3. The molecule has 4 rings (SSSR count). The van der Waals surface area contributed by atoms with E-state index in [0.717, 1.165) is 31.9 Å². The van der Waals surface area contributed by atoms with Crippen LogP contribution in [0.4, 0.5) is 13.2 Å². The Morgan fingerprint density at radius 2 is 2.03 bits per heavy atom. The van der Waals surface area contributed by atoms with Crippen molar-refractivity contribution in [3.63, 3.8) is 0 Å². The minimum Gasteiger partial charge on any atom is -0.356 e. The molecule has 10 heteroatoms. The maximum absolute atomic E-state index is 15.8. The Labute approximate surface area is 201 Å². The highest BCUT2D eigenvalue weighted by molar-refractivity contribution is 5.96. The van der Waals surface area contributed by atoms with E-state index in [1.807, 2.05) is 0 Å². The van der Waals surface area contributed by atoms with Gasteiger partial charge in [-0.2, -0.15) is 0 Å². The number of hydrogen-bond acceptors (Lipinski definition) is 4. The molecule has 1 aliphatic carbocycles. The zero-order chi connectivity index (χ0) is 25.3. The lowest BCUT2D eigenvalue weighted by atomic mass is 9.91. The zero-order valence-corrected chi connectivity index (χ0v) is 19.6. The number of ketones is 1. The molecular formula is C25H30F3N3O4. The van der Waals surface area contributed by atoms with Crippen LogP contribution in [0.3, 0.4) is 0 Å². The first-order chi connectivity index (χ1) is 16.6. The summed E-state index contributed by atoms with van der Waals surface area (Å²) in [6, 6.07) is 2.46. The van der Waals surface area contributed by atoms with Gasteiger partial charge in [-0.15, -0.1) is 0 Å². The molecule has 1 aromatic carbocycles. The largest absolute Gasteiger partial charge is 0.356 e. The van der Waals surface area contributed by atoms with E-state index in [0.29, 0.717) is 19.4 Å². The molecule has 3 aliphatic rings. The van der Waals surface area contributed by atoms with Crippen molar-refractivity contribution < 1.29 is 32.3 Å². The van der Waals surface area contributed by atoms with E-state index in [-0.39, 0.29) is 36.3 Å². The third kappa shape index (κ3) is 4.92. The average Bonchev–Trinajstić information content (AvgIpc) is 3.53. The van der Waals surface area contributed by atoms with Crippen LogP contribution in [-0.4, -0.2) is 60.3 Å². The number of rotatable bonds is 8. The minimum absolute atomic E-state index is 0.00561. The fraction of sp³-hybridized carbons (Fsp3) is 0.600. The van der Waals surface area contributed by atoms with Crippen molar-refractivity contribution in [3.05, 3.63) is 35.6 Å². The second kappa shape index (κ2) is 9.99. The molecule has 0 radical (unpaired) electrons. The van der Waals surface area contributed by atoms with Crippen LogP contribution in [0, 0.1) is 23.6 Å². The maximum atomic E-state index is 15.8. The van der Waals surface area contributed by atoms with Crippen LogP contribution in [0.1, 0.15) is 44.6 Å². The number of benzene rings is 1. The van der Waals surface area contributed by atoms with Gasteiger partial charge in [-0.3, -0.25) is 19.2 Å². The average molecular weight is 494 g/mol. The minimum atomic E-state index is -2.57. The Morgan fingerprint density at radius 3 is 2.69 bits per heavy atom. The monoisotopic (exact) mass is 493 g/mol. The van der Waals surface area contributed by atoms with E-state index < -0.39 is 53.8 Å². The van der Waals surface area contributed by atoms with E-state index >= 15 is 4.39 Å². The fourth-order valence-electron chi connectivity index (χ4n) is 5.80. The van der Waals surface area contributed by atoms with E-state index in [4.69, 9.17) is 0 Å². The standard InChI is InChI=1S/C25H30F3N3O4/c1-25(28,16-5-3-6-17(27)11-16)24(35)31-13-15-4-2-7-18(15)21(31)23(34)30-19(20(32)12-26)10-14-8-9-29-22(14)33/h3,5-6,11,14-15,18-19,21H,2,4,7-10,12-13H2,1H3,(H,29,33)(H,30,34)/t14-,15-,18-,19+,21-,25-/m1/s1. The number of likely N-dealkylation sites (tertiary alicyclic amines) is 1. The number of nitrogens with one attached hydrogen (secondary N) is 2. The lowest BCUT2D eigenvalue weighted by Crippen LogP contribution is -2.55. The molecule has 35 heavy (non-hydrogen) atoms. The second-order valence-corrected chi connectivity index (χ2v) is 9.94. The lowest BCUT2D eigenvalue weighted by Gasteiger charge is -2.33. The van der Waals surface area contributed by atoms with Gasteiger partial charge in [-0.05, 0) is 56.6 Å². The van der Waals surface area contributed by atoms with Crippen LogP contribution in [0.25, 0.3) is 0 Å². The molecule has 0 unspecified atom stereocenters. The number of Topliss-reactive ketones (excluding diaryl/α,β-unsaturated/α-hetero) is 1. The molecule has 6 atom stereocenters. The Balaban J connectivity index is 1.57. The van der Waals surface area contributed by atoms with Crippen LogP contribution in [0.5, 0.6) is 0 Å². The smallest absolute Gasteiger partial charge is 0.265 e. The molecule has 2 aliphatic heterocycles. The van der Waals surface area contributed by atoms with Crippen LogP contribution >= 0.6 is 0 Å². The van der Waals surface area contributed by atoms with E-state index in [2.05, 4.69) is 10.6 Å². The number of hydrogen-bond donors (Lipinski definition) is 2. The van der Waals surface area contributed by atoms with E-state index in [1.165, 1.54) is 17.0 Å². The third-order valence-corrected chi connectivity index (χ3v) is 7.71. The number of fused-ring (bicyclic) bond motifs is 1. The summed E-state index contributed by atoms with van der Waals surface area (Å²) in [6.07, 6.45) is 2.71. The molecule has 3 amide bonds. The third-order valence-electron chi connectivity index (χ3n) is 7.71. The summed E-state index contributed by atoms with van der Waals surface area (Å²) in [5.41, 5.74) is -2.73. The summed E-state index contributed by atoms with van der Waals surface area (Å²) in [5.74, 6) is -4.17. The van der Waals surface area contributed by atoms with Crippen LogP contribution < -0.4 is 10.6 Å². The van der Waals surface area contributed by atoms with Gasteiger partial charge in [-0.1, -0.05) is 18.6 Å². The van der Waals surface area contributed by atoms with Gasteiger partial charge in [-0.25, -0.2) is 13.2 Å². The van der Waals surface area contributed by atoms with Crippen LogP contribution in [0.2, 0.25) is 0 Å². The van der Waals surface area contributed by atoms with Gasteiger partial charge in [0, 0.05) is 24.6 Å². The van der Waals surface area contributed by atoms with Crippen molar-refractivity contribution >= 4 is 23.5 Å². The first-order valence-electron chi connectivity index (χ1n) is 12.1. The Bertz CT molecular complexity index is 1020. The highest BCUT2D eigenvalue weighted by Gasteiger charge is 2.53. The Kier molecular flexibility index (Phi) is 7.19. The SMILES string of the molecule is C[C@](F)(C(=O)N1C[C@H]2CCC[C@H]2[C@@H]1C(=O)N[C@@H](C[C@H]1CCNC1=O)C(=O)CF)c1cccc(F)c1. The maximum Gasteiger partial charge on any atom is 0.265 e. The normalized spacial score (nSPS) is 28.2. The molecule has 0 bridgehead atoms. The predicted molar refractivity (Wildman–Crippen MR) is 120 cm³/mol. The molecule has 7 nitrogen and oxygen atoms in total. The van der Waals surface area contributed by atoms with Crippen LogP contribution in [-0.2, 0) is 24.8 Å².